The number of benzene rings is 1. The fraction of sp³-hybridized carbons (Fsp3) is 0.231. The molecule has 5 nitrogen and oxygen atoms in total. The minimum absolute atomic E-state index is 0.0660. The van der Waals surface area contributed by atoms with Crippen molar-refractivity contribution in [2.75, 3.05) is 18.2 Å². The highest BCUT2D eigenvalue weighted by Gasteiger charge is 2.08. The number of aromatic nitrogens is 2. The Labute approximate surface area is 116 Å². The standard InChI is InChI=1S/C13H15ClN4O/c1-8(9-3-5-10(19-2)6-4-9)16-12-7-11(14)17-13(15)18-12/h3-8H,1-2H3,(H3,15,16,17,18). The van der Waals surface area contributed by atoms with E-state index in [0.717, 1.165) is 11.3 Å². The van der Waals surface area contributed by atoms with Crippen molar-refractivity contribution in [3.8, 4) is 5.75 Å². The molecule has 1 atom stereocenters. The van der Waals surface area contributed by atoms with E-state index in [2.05, 4.69) is 15.3 Å². The van der Waals surface area contributed by atoms with Crippen LogP contribution in [0.3, 0.4) is 0 Å². The van der Waals surface area contributed by atoms with E-state index in [9.17, 15) is 0 Å². The van der Waals surface area contributed by atoms with Gasteiger partial charge < -0.3 is 15.8 Å². The number of rotatable bonds is 4. The number of nitrogens with zero attached hydrogens (tertiary/aromatic N) is 2. The number of hydrogen-bond donors (Lipinski definition) is 2. The molecule has 19 heavy (non-hydrogen) atoms. The number of hydrogen-bond acceptors (Lipinski definition) is 5. The van der Waals surface area contributed by atoms with Gasteiger partial charge in [-0.1, -0.05) is 23.7 Å². The van der Waals surface area contributed by atoms with E-state index in [1.807, 2.05) is 31.2 Å². The molecule has 2 aromatic rings. The van der Waals surface area contributed by atoms with Gasteiger partial charge in [0, 0.05) is 12.1 Å². The van der Waals surface area contributed by atoms with Gasteiger partial charge in [-0.2, -0.15) is 4.98 Å². The largest absolute Gasteiger partial charge is 0.497 e. The summed E-state index contributed by atoms with van der Waals surface area (Å²) in [6.45, 7) is 2.02. The summed E-state index contributed by atoms with van der Waals surface area (Å²) in [5, 5.41) is 3.54. The Kier molecular flexibility index (Phi) is 4.06. The van der Waals surface area contributed by atoms with Crippen LogP contribution < -0.4 is 15.8 Å². The second-order valence-electron chi connectivity index (χ2n) is 4.07. The lowest BCUT2D eigenvalue weighted by atomic mass is 10.1. The molecular weight excluding hydrogens is 264 g/mol. The second-order valence-corrected chi connectivity index (χ2v) is 4.46. The number of anilines is 2. The molecule has 2 rings (SSSR count). The van der Waals surface area contributed by atoms with E-state index < -0.39 is 0 Å². The highest BCUT2D eigenvalue weighted by Crippen LogP contribution is 2.22. The van der Waals surface area contributed by atoms with Crippen molar-refractivity contribution in [1.82, 2.24) is 9.97 Å². The number of nitrogen functional groups attached to an aromatic ring is 1. The van der Waals surface area contributed by atoms with E-state index >= 15 is 0 Å². The lowest BCUT2D eigenvalue weighted by Crippen LogP contribution is -2.09. The van der Waals surface area contributed by atoms with Crippen LogP contribution >= 0.6 is 11.6 Å². The summed E-state index contributed by atoms with van der Waals surface area (Å²) in [5.41, 5.74) is 6.65. The Morgan fingerprint density at radius 1 is 1.26 bits per heavy atom. The first-order valence-electron chi connectivity index (χ1n) is 5.79. The maximum atomic E-state index is 5.83. The SMILES string of the molecule is COc1ccc(C(C)Nc2cc(Cl)nc(N)n2)cc1. The van der Waals surface area contributed by atoms with Crippen LogP contribution in [0.5, 0.6) is 5.75 Å². The minimum atomic E-state index is 0.0660. The Morgan fingerprint density at radius 2 is 1.95 bits per heavy atom. The smallest absolute Gasteiger partial charge is 0.223 e. The molecule has 0 spiro atoms. The molecule has 6 heteroatoms. The topological polar surface area (TPSA) is 73.1 Å². The third-order valence-corrected chi connectivity index (χ3v) is 2.89. The molecule has 0 aliphatic carbocycles. The van der Waals surface area contributed by atoms with Crippen molar-refractivity contribution < 1.29 is 4.74 Å². The summed E-state index contributed by atoms with van der Waals surface area (Å²) in [6, 6.07) is 9.50. The lowest BCUT2D eigenvalue weighted by Gasteiger charge is -2.15. The maximum absolute atomic E-state index is 5.83. The van der Waals surface area contributed by atoms with Crippen molar-refractivity contribution in [3.63, 3.8) is 0 Å². The van der Waals surface area contributed by atoms with Gasteiger partial charge >= 0.3 is 0 Å². The van der Waals surface area contributed by atoms with Crippen molar-refractivity contribution in [1.29, 1.82) is 0 Å². The van der Waals surface area contributed by atoms with Crippen LogP contribution in [0.25, 0.3) is 0 Å². The molecule has 1 unspecified atom stereocenters. The number of nitrogens with one attached hydrogen (secondary N) is 1. The minimum Gasteiger partial charge on any atom is -0.497 e. The third-order valence-electron chi connectivity index (χ3n) is 2.69. The van der Waals surface area contributed by atoms with Crippen LogP contribution in [0.1, 0.15) is 18.5 Å². The number of ether oxygens (including phenoxy) is 1. The molecular formula is C13H15ClN4O. The van der Waals surface area contributed by atoms with Gasteiger partial charge in [0.15, 0.2) is 0 Å². The summed E-state index contributed by atoms with van der Waals surface area (Å²) in [4.78, 5) is 7.89. The number of methoxy groups -OCH3 is 1. The van der Waals surface area contributed by atoms with E-state index in [1.54, 1.807) is 13.2 Å². The fourth-order valence-corrected chi connectivity index (χ4v) is 1.90. The fourth-order valence-electron chi connectivity index (χ4n) is 1.71. The molecule has 0 bridgehead atoms. The van der Waals surface area contributed by atoms with Gasteiger partial charge in [0.05, 0.1) is 7.11 Å². The third kappa shape index (κ3) is 3.48. The monoisotopic (exact) mass is 278 g/mol. The molecule has 0 saturated carbocycles. The van der Waals surface area contributed by atoms with Gasteiger partial charge in [0.1, 0.15) is 16.7 Å². The summed E-state index contributed by atoms with van der Waals surface area (Å²) < 4.78 is 5.12. The van der Waals surface area contributed by atoms with Gasteiger partial charge in [-0.3, -0.25) is 0 Å². The van der Waals surface area contributed by atoms with Crippen LogP contribution in [0, 0.1) is 0 Å². The van der Waals surface area contributed by atoms with Crippen molar-refractivity contribution in [2.24, 2.45) is 0 Å². The van der Waals surface area contributed by atoms with Gasteiger partial charge in [-0.25, -0.2) is 4.98 Å². The van der Waals surface area contributed by atoms with Crippen molar-refractivity contribution >= 4 is 23.4 Å². The van der Waals surface area contributed by atoms with E-state index in [4.69, 9.17) is 22.1 Å². The Hall–Kier alpha value is -2.01. The average Bonchev–Trinajstić information content (AvgIpc) is 2.37. The maximum Gasteiger partial charge on any atom is 0.223 e. The summed E-state index contributed by atoms with van der Waals surface area (Å²) in [6.07, 6.45) is 0. The Morgan fingerprint density at radius 3 is 2.53 bits per heavy atom. The quantitative estimate of drug-likeness (QED) is 0.841. The van der Waals surface area contributed by atoms with Gasteiger partial charge in [-0.05, 0) is 24.6 Å². The predicted octanol–water partition coefficient (Wildman–Crippen LogP) is 2.89. The highest BCUT2D eigenvalue weighted by atomic mass is 35.5. The van der Waals surface area contributed by atoms with Gasteiger partial charge in [-0.15, -0.1) is 0 Å². The van der Waals surface area contributed by atoms with Gasteiger partial charge in [0.2, 0.25) is 5.95 Å². The van der Waals surface area contributed by atoms with E-state index in [-0.39, 0.29) is 12.0 Å². The lowest BCUT2D eigenvalue weighted by molar-refractivity contribution is 0.414. The molecule has 3 N–H and O–H groups in total. The van der Waals surface area contributed by atoms with Crippen LogP contribution in [0.2, 0.25) is 5.15 Å². The van der Waals surface area contributed by atoms with Crippen molar-refractivity contribution in [3.05, 3.63) is 41.0 Å². The Balaban J connectivity index is 2.13. The zero-order valence-electron chi connectivity index (χ0n) is 10.7. The summed E-state index contributed by atoms with van der Waals surface area (Å²) in [5.74, 6) is 1.57. The zero-order valence-corrected chi connectivity index (χ0v) is 11.5. The summed E-state index contributed by atoms with van der Waals surface area (Å²) >= 11 is 5.83. The predicted molar refractivity (Wildman–Crippen MR) is 76.5 cm³/mol. The molecule has 1 aromatic heterocycles. The highest BCUT2D eigenvalue weighted by molar-refractivity contribution is 6.29. The van der Waals surface area contributed by atoms with E-state index in [1.165, 1.54) is 0 Å². The van der Waals surface area contributed by atoms with E-state index in [0.29, 0.717) is 11.0 Å². The second kappa shape index (κ2) is 5.75. The first kappa shape index (κ1) is 13.4. The first-order chi connectivity index (χ1) is 9.08. The molecule has 0 aliphatic heterocycles. The normalized spacial score (nSPS) is 11.9. The molecule has 0 amide bonds. The zero-order chi connectivity index (χ0) is 13.8. The number of nitrogens with two attached hydrogens (primary N) is 1. The molecule has 0 aliphatic rings. The molecule has 100 valence electrons. The van der Waals surface area contributed by atoms with Gasteiger partial charge in [0.25, 0.3) is 0 Å². The van der Waals surface area contributed by atoms with Crippen molar-refractivity contribution in [2.45, 2.75) is 13.0 Å². The molecule has 0 radical (unpaired) electrons. The first-order valence-corrected chi connectivity index (χ1v) is 6.17. The van der Waals surface area contributed by atoms with Crippen LogP contribution in [-0.2, 0) is 0 Å². The molecule has 1 heterocycles. The average molecular weight is 279 g/mol. The van der Waals surface area contributed by atoms with Crippen LogP contribution in [-0.4, -0.2) is 17.1 Å². The van der Waals surface area contributed by atoms with Crippen LogP contribution in [0.4, 0.5) is 11.8 Å². The number of halogens is 1. The summed E-state index contributed by atoms with van der Waals surface area (Å²) in [7, 11) is 1.64. The molecule has 1 aromatic carbocycles. The van der Waals surface area contributed by atoms with Crippen LogP contribution in [0.15, 0.2) is 30.3 Å². The molecule has 0 saturated heterocycles. The molecule has 0 fully saturated rings. The Bertz CT molecular complexity index is 539.